The summed E-state index contributed by atoms with van der Waals surface area (Å²) in [5.41, 5.74) is -0.313. The molecule has 0 amide bonds. The van der Waals surface area contributed by atoms with Crippen molar-refractivity contribution in [2.45, 2.75) is 48.0 Å². The van der Waals surface area contributed by atoms with Crippen molar-refractivity contribution in [1.29, 1.82) is 0 Å². The molecular formula is C14H24O2. The molecule has 0 bridgehead atoms. The minimum atomic E-state index is -0.430. The molecule has 2 atom stereocenters. The molecule has 1 fully saturated rings. The lowest BCUT2D eigenvalue weighted by Crippen LogP contribution is -2.40. The number of ether oxygens (including phenoxy) is 1. The van der Waals surface area contributed by atoms with Gasteiger partial charge in [0.25, 0.3) is 0 Å². The Morgan fingerprint density at radius 3 is 2.25 bits per heavy atom. The van der Waals surface area contributed by atoms with E-state index in [2.05, 4.69) is 34.3 Å². The van der Waals surface area contributed by atoms with Crippen LogP contribution in [0, 0.1) is 22.7 Å². The molecule has 0 aromatic carbocycles. The second-order valence-electron chi connectivity index (χ2n) is 6.48. The van der Waals surface area contributed by atoms with Crippen LogP contribution in [0.3, 0.4) is 0 Å². The molecule has 0 aromatic rings. The van der Waals surface area contributed by atoms with Crippen LogP contribution in [0.25, 0.3) is 0 Å². The maximum absolute atomic E-state index is 12.0. The van der Waals surface area contributed by atoms with Crippen LogP contribution >= 0.6 is 0 Å². The molecule has 1 aliphatic heterocycles. The van der Waals surface area contributed by atoms with Crippen LogP contribution in [0.4, 0.5) is 0 Å². The lowest BCUT2D eigenvalue weighted by Gasteiger charge is -2.43. The maximum Gasteiger partial charge on any atom is 0.316 e. The molecule has 0 N–H and O–H groups in total. The van der Waals surface area contributed by atoms with Gasteiger partial charge in [0, 0.05) is 5.92 Å². The summed E-state index contributed by atoms with van der Waals surface area (Å²) in [6.45, 7) is 16.5. The van der Waals surface area contributed by atoms with E-state index in [9.17, 15) is 4.79 Å². The molecule has 0 radical (unpaired) electrons. The van der Waals surface area contributed by atoms with Crippen LogP contribution in [0.1, 0.15) is 48.0 Å². The topological polar surface area (TPSA) is 26.3 Å². The van der Waals surface area contributed by atoms with Crippen LogP contribution in [-0.2, 0) is 9.53 Å². The Morgan fingerprint density at radius 1 is 1.25 bits per heavy atom. The van der Waals surface area contributed by atoms with Gasteiger partial charge in [-0.3, -0.25) is 4.79 Å². The lowest BCUT2D eigenvalue weighted by molar-refractivity contribution is -0.155. The fraction of sp³-hybridized carbons (Fsp3) is 0.786. The number of carbonyl (C=O) groups excluding carboxylic acids is 1. The quantitative estimate of drug-likeness (QED) is 0.585. The highest BCUT2D eigenvalue weighted by Gasteiger charge is 2.43. The normalized spacial score (nSPS) is 33.9. The Labute approximate surface area is 99.1 Å². The number of cyclic esters (lactones) is 1. The summed E-state index contributed by atoms with van der Waals surface area (Å²) >= 11 is 0. The van der Waals surface area contributed by atoms with Gasteiger partial charge in [0.05, 0.1) is 5.41 Å². The first kappa shape index (κ1) is 13.3. The first-order valence-corrected chi connectivity index (χ1v) is 5.99. The Kier molecular flexibility index (Phi) is 3.24. The zero-order valence-corrected chi connectivity index (χ0v) is 11.4. The predicted molar refractivity (Wildman–Crippen MR) is 65.7 cm³/mol. The van der Waals surface area contributed by atoms with Crippen LogP contribution in [0.5, 0.6) is 0 Å². The summed E-state index contributed by atoms with van der Waals surface area (Å²) in [5.74, 6) is 1.13. The number of rotatable bonds is 0. The molecule has 0 aromatic heterocycles. The third-order valence-electron chi connectivity index (χ3n) is 4.16. The molecule has 1 aliphatic rings. The van der Waals surface area contributed by atoms with Crippen molar-refractivity contribution < 1.29 is 9.53 Å². The fourth-order valence-electron chi connectivity index (χ4n) is 2.68. The van der Waals surface area contributed by atoms with Gasteiger partial charge in [0.1, 0.15) is 5.76 Å². The second-order valence-corrected chi connectivity index (χ2v) is 6.48. The minimum absolute atomic E-state index is 0.116. The smallest absolute Gasteiger partial charge is 0.316 e. The minimum Gasteiger partial charge on any atom is -0.431 e. The van der Waals surface area contributed by atoms with Gasteiger partial charge in [0.2, 0.25) is 0 Å². The summed E-state index contributed by atoms with van der Waals surface area (Å²) in [6, 6.07) is 0. The zero-order chi connectivity index (χ0) is 12.7. The zero-order valence-electron chi connectivity index (χ0n) is 11.4. The summed E-state index contributed by atoms with van der Waals surface area (Å²) in [4.78, 5) is 12.0. The van der Waals surface area contributed by atoms with Gasteiger partial charge in [-0.1, -0.05) is 34.3 Å². The number of carbonyl (C=O) groups is 1. The summed E-state index contributed by atoms with van der Waals surface area (Å²) < 4.78 is 5.35. The first-order chi connectivity index (χ1) is 7.08. The first-order valence-electron chi connectivity index (χ1n) is 5.99. The number of allylic oxidation sites excluding steroid dienone is 1. The van der Waals surface area contributed by atoms with E-state index in [0.29, 0.717) is 11.7 Å². The van der Waals surface area contributed by atoms with Gasteiger partial charge in [-0.2, -0.15) is 0 Å². The van der Waals surface area contributed by atoms with E-state index < -0.39 is 5.41 Å². The Balaban J connectivity index is 3.10. The standard InChI is InChI=1S/C14H24O2/c1-9-10(2)13(4,5)8-14(6,7)12(15)16-11(9)3/h9-10H,3,8H2,1-2,4-7H3/t9-,10?/m0/s1. The molecule has 1 saturated heterocycles. The summed E-state index contributed by atoms with van der Waals surface area (Å²) in [6.07, 6.45) is 0.845. The third kappa shape index (κ3) is 2.31. The largest absolute Gasteiger partial charge is 0.431 e. The molecule has 1 rings (SSSR count). The highest BCUT2D eigenvalue weighted by atomic mass is 16.5. The maximum atomic E-state index is 12.0. The number of hydrogen-bond acceptors (Lipinski definition) is 2. The van der Waals surface area contributed by atoms with Crippen LogP contribution in [0.2, 0.25) is 0 Å². The van der Waals surface area contributed by atoms with Crippen molar-refractivity contribution >= 4 is 5.97 Å². The molecular weight excluding hydrogens is 200 g/mol. The van der Waals surface area contributed by atoms with Crippen molar-refractivity contribution in [2.24, 2.45) is 22.7 Å². The molecule has 16 heavy (non-hydrogen) atoms. The predicted octanol–water partition coefficient (Wildman–Crippen LogP) is 3.77. The Hall–Kier alpha value is -0.790. The molecule has 0 aliphatic carbocycles. The van der Waals surface area contributed by atoms with Crippen molar-refractivity contribution in [2.75, 3.05) is 0 Å². The average Bonchev–Trinajstić information content (AvgIpc) is 2.12. The van der Waals surface area contributed by atoms with Crippen molar-refractivity contribution in [1.82, 2.24) is 0 Å². The lowest BCUT2D eigenvalue weighted by atomic mass is 9.64. The van der Waals surface area contributed by atoms with E-state index in [-0.39, 0.29) is 17.3 Å². The molecule has 2 nitrogen and oxygen atoms in total. The van der Waals surface area contributed by atoms with Gasteiger partial charge >= 0.3 is 5.97 Å². The van der Waals surface area contributed by atoms with Crippen LogP contribution in [-0.4, -0.2) is 5.97 Å². The van der Waals surface area contributed by atoms with Crippen LogP contribution < -0.4 is 0 Å². The molecule has 0 saturated carbocycles. The molecule has 1 heterocycles. The van der Waals surface area contributed by atoms with E-state index in [1.54, 1.807) is 0 Å². The Bertz CT molecular complexity index is 313. The van der Waals surface area contributed by atoms with Crippen LogP contribution in [0.15, 0.2) is 12.3 Å². The van der Waals surface area contributed by atoms with E-state index in [1.807, 2.05) is 13.8 Å². The van der Waals surface area contributed by atoms with Gasteiger partial charge in [-0.15, -0.1) is 0 Å². The number of hydrogen-bond donors (Lipinski definition) is 0. The SMILES string of the molecule is C=C1OC(=O)C(C)(C)CC(C)(C)C(C)[C@@H]1C. The van der Waals surface area contributed by atoms with Gasteiger partial charge in [-0.05, 0) is 31.6 Å². The van der Waals surface area contributed by atoms with Crippen molar-refractivity contribution in [3.63, 3.8) is 0 Å². The van der Waals surface area contributed by atoms with Gasteiger partial charge < -0.3 is 4.74 Å². The van der Waals surface area contributed by atoms with E-state index in [4.69, 9.17) is 4.74 Å². The highest BCUT2D eigenvalue weighted by molar-refractivity contribution is 5.77. The fourth-order valence-corrected chi connectivity index (χ4v) is 2.68. The van der Waals surface area contributed by atoms with Gasteiger partial charge in [-0.25, -0.2) is 0 Å². The molecule has 92 valence electrons. The van der Waals surface area contributed by atoms with E-state index in [0.717, 1.165) is 6.42 Å². The van der Waals surface area contributed by atoms with Crippen molar-refractivity contribution in [3.8, 4) is 0 Å². The molecule has 1 unspecified atom stereocenters. The van der Waals surface area contributed by atoms with E-state index in [1.165, 1.54) is 0 Å². The molecule has 2 heteroatoms. The summed E-state index contributed by atoms with van der Waals surface area (Å²) in [5, 5.41) is 0. The van der Waals surface area contributed by atoms with E-state index >= 15 is 0 Å². The average molecular weight is 224 g/mol. The van der Waals surface area contributed by atoms with Crippen molar-refractivity contribution in [3.05, 3.63) is 12.3 Å². The monoisotopic (exact) mass is 224 g/mol. The molecule has 0 spiro atoms. The third-order valence-corrected chi connectivity index (χ3v) is 4.16. The Morgan fingerprint density at radius 2 is 1.75 bits per heavy atom. The highest BCUT2D eigenvalue weighted by Crippen LogP contribution is 2.46. The summed E-state index contributed by atoms with van der Waals surface area (Å²) in [7, 11) is 0. The second kappa shape index (κ2) is 3.90. The van der Waals surface area contributed by atoms with Gasteiger partial charge in [0.15, 0.2) is 0 Å². The number of esters is 1.